The molecule has 1 atom stereocenters. The zero-order chi connectivity index (χ0) is 25.7. The van der Waals surface area contributed by atoms with Gasteiger partial charge in [0.25, 0.3) is 0 Å². The highest BCUT2D eigenvalue weighted by Gasteiger charge is 2.62. The fourth-order valence-corrected chi connectivity index (χ4v) is 6.03. The number of ketones is 1. The average Bonchev–Trinajstić information content (AvgIpc) is 3.52. The normalized spacial score (nSPS) is 20.7. The Hall–Kier alpha value is -4.40. The van der Waals surface area contributed by atoms with Gasteiger partial charge >= 0.3 is 0 Å². The lowest BCUT2D eigenvalue weighted by atomic mass is 9.63. The van der Waals surface area contributed by atoms with Gasteiger partial charge in [-0.1, -0.05) is 24.1 Å². The molecule has 4 heterocycles. The molecule has 3 aromatic rings. The number of amides is 1. The molecule has 8 heteroatoms. The van der Waals surface area contributed by atoms with E-state index in [1.54, 1.807) is 6.20 Å². The lowest BCUT2D eigenvalue weighted by molar-refractivity contribution is -0.124. The Morgan fingerprint density at radius 3 is 2.57 bits per heavy atom. The summed E-state index contributed by atoms with van der Waals surface area (Å²) in [5.41, 5.74) is 0.806. The maximum Gasteiger partial charge on any atom is 0.248 e. The summed E-state index contributed by atoms with van der Waals surface area (Å²) in [5.74, 6) is 3.08. The van der Waals surface area contributed by atoms with Gasteiger partial charge in [0.2, 0.25) is 5.91 Å². The summed E-state index contributed by atoms with van der Waals surface area (Å²) in [6.07, 6.45) is 12.5. The van der Waals surface area contributed by atoms with E-state index in [2.05, 4.69) is 32.9 Å². The second kappa shape index (κ2) is 8.62. The number of aromatic nitrogens is 2. The molecule has 2 aliphatic heterocycles. The Morgan fingerprint density at radius 2 is 1.86 bits per heavy atom. The minimum atomic E-state index is -1.60. The number of halogens is 1. The number of hydrogen-bond acceptors (Lipinski definition) is 5. The quantitative estimate of drug-likeness (QED) is 0.439. The van der Waals surface area contributed by atoms with Crippen LogP contribution >= 0.6 is 15.9 Å². The monoisotopic (exact) mass is 549 g/mol. The maximum atomic E-state index is 14.5. The van der Waals surface area contributed by atoms with Crippen LogP contribution in [0.25, 0.3) is 5.82 Å². The number of nitriles is 1. The summed E-state index contributed by atoms with van der Waals surface area (Å²) in [6, 6.07) is 17.1. The Kier molecular flexibility index (Phi) is 5.36. The van der Waals surface area contributed by atoms with Crippen LogP contribution in [0.1, 0.15) is 24.8 Å². The lowest BCUT2D eigenvalue weighted by Crippen LogP contribution is -2.51. The highest BCUT2D eigenvalue weighted by Crippen LogP contribution is 2.57. The van der Waals surface area contributed by atoms with Crippen molar-refractivity contribution in [3.63, 3.8) is 0 Å². The third-order valence-corrected chi connectivity index (χ3v) is 7.63. The van der Waals surface area contributed by atoms with E-state index >= 15 is 0 Å². The van der Waals surface area contributed by atoms with Gasteiger partial charge in [0, 0.05) is 52.0 Å². The molecule has 0 saturated heterocycles. The highest BCUT2D eigenvalue weighted by molar-refractivity contribution is 9.10. The molecule has 37 heavy (non-hydrogen) atoms. The minimum absolute atomic E-state index is 0.0317. The number of pyridine rings is 1. The molecule has 0 radical (unpaired) electrons. The Balaban J connectivity index is 1.78. The van der Waals surface area contributed by atoms with Crippen LogP contribution in [0.5, 0.6) is 0 Å². The molecule has 6 rings (SSSR count). The molecule has 180 valence electrons. The molecule has 0 bridgehead atoms. The third kappa shape index (κ3) is 3.09. The summed E-state index contributed by atoms with van der Waals surface area (Å²) in [7, 11) is 0. The largest absolute Gasteiger partial charge is 0.309 e. The van der Waals surface area contributed by atoms with E-state index in [0.717, 1.165) is 4.47 Å². The van der Waals surface area contributed by atoms with Crippen LogP contribution in [0.3, 0.4) is 0 Å². The number of fused-ring (bicyclic) bond motifs is 3. The summed E-state index contributed by atoms with van der Waals surface area (Å²) in [6.45, 7) is 0.0317. The number of anilines is 2. The predicted molar refractivity (Wildman–Crippen MR) is 143 cm³/mol. The van der Waals surface area contributed by atoms with E-state index in [1.807, 2.05) is 70.4 Å². The molecule has 0 saturated carbocycles. The van der Waals surface area contributed by atoms with Crippen molar-refractivity contribution in [2.45, 2.75) is 24.7 Å². The summed E-state index contributed by atoms with van der Waals surface area (Å²) >= 11 is 3.44. The van der Waals surface area contributed by atoms with Gasteiger partial charge in [-0.2, -0.15) is 5.26 Å². The molecule has 0 N–H and O–H groups in total. The van der Waals surface area contributed by atoms with Gasteiger partial charge in [-0.3, -0.25) is 19.4 Å². The number of terminal acetylenes is 1. The van der Waals surface area contributed by atoms with Crippen molar-refractivity contribution in [1.29, 1.82) is 5.26 Å². The number of allylic oxidation sites excluding steroid dienone is 1. The smallest absolute Gasteiger partial charge is 0.248 e. The van der Waals surface area contributed by atoms with Crippen LogP contribution in [0.2, 0.25) is 0 Å². The van der Waals surface area contributed by atoms with Crippen LogP contribution in [0.15, 0.2) is 88.4 Å². The zero-order valence-corrected chi connectivity index (χ0v) is 21.3. The highest BCUT2D eigenvalue weighted by atomic mass is 79.9. The van der Waals surface area contributed by atoms with Gasteiger partial charge in [-0.25, -0.2) is 4.98 Å². The third-order valence-electron chi connectivity index (χ3n) is 7.16. The first-order valence-electron chi connectivity index (χ1n) is 11.9. The van der Waals surface area contributed by atoms with E-state index < -0.39 is 5.41 Å². The first-order valence-corrected chi connectivity index (χ1v) is 12.6. The molecule has 0 fully saturated rings. The Bertz CT molecular complexity index is 1600. The van der Waals surface area contributed by atoms with Gasteiger partial charge in [-0.05, 0) is 59.1 Å². The van der Waals surface area contributed by atoms with Crippen molar-refractivity contribution < 1.29 is 9.59 Å². The molecule has 0 unspecified atom stereocenters. The first-order chi connectivity index (χ1) is 18.0. The first kappa shape index (κ1) is 23.0. The number of benzene rings is 1. The van der Waals surface area contributed by atoms with Crippen LogP contribution in [-0.4, -0.2) is 27.8 Å². The fourth-order valence-electron chi connectivity index (χ4n) is 5.79. The molecule has 1 spiro atoms. The van der Waals surface area contributed by atoms with Gasteiger partial charge in [0.1, 0.15) is 23.1 Å². The molecule has 7 nitrogen and oxygen atoms in total. The standard InChI is InChI=1S/C29H20BrN5O2/c1-2-14-34-22-9-4-3-8-20(22)29(28(34)37)21(17-31)27(33-15-5-6-16-33)35(25-13-12-19(30)18-32-25)23-10-7-11-24(36)26(23)29/h1,3-6,8-9,12-13,15-16,18H,7,10-11,14H2/t29-/m0/s1. The summed E-state index contributed by atoms with van der Waals surface area (Å²) in [4.78, 5) is 36.3. The SMILES string of the molecule is C#CCN1C(=O)[C@]2(C(C#N)=C(n3cccc3)N(c3ccc(Br)cn3)C3=C2C(=O)CCC3)c2ccccc21. The van der Waals surface area contributed by atoms with Crippen LogP contribution in [0.4, 0.5) is 11.5 Å². The van der Waals surface area contributed by atoms with Crippen molar-refractivity contribution in [2.24, 2.45) is 0 Å². The van der Waals surface area contributed by atoms with Gasteiger partial charge in [0.15, 0.2) is 5.78 Å². The second-order valence-corrected chi connectivity index (χ2v) is 9.95. The van der Waals surface area contributed by atoms with E-state index in [1.165, 1.54) is 4.90 Å². The second-order valence-electron chi connectivity index (χ2n) is 9.03. The summed E-state index contributed by atoms with van der Waals surface area (Å²) in [5, 5.41) is 10.8. The Labute approximate surface area is 222 Å². The molecule has 1 aromatic carbocycles. The van der Waals surface area contributed by atoms with Gasteiger partial charge < -0.3 is 4.57 Å². The van der Waals surface area contributed by atoms with Gasteiger partial charge in [-0.15, -0.1) is 6.42 Å². The Morgan fingerprint density at radius 1 is 1.08 bits per heavy atom. The minimum Gasteiger partial charge on any atom is -0.309 e. The maximum absolute atomic E-state index is 14.5. The molecule has 1 amide bonds. The molecule has 2 aromatic heterocycles. The predicted octanol–water partition coefficient (Wildman–Crippen LogP) is 4.78. The lowest BCUT2D eigenvalue weighted by Gasteiger charge is -2.44. The topological polar surface area (TPSA) is 82.2 Å². The van der Waals surface area contributed by atoms with Crippen molar-refractivity contribution in [3.05, 3.63) is 94.0 Å². The number of hydrogen-bond donors (Lipinski definition) is 0. The van der Waals surface area contributed by atoms with Crippen LogP contribution in [-0.2, 0) is 15.0 Å². The number of carbonyl (C=O) groups is 2. The van der Waals surface area contributed by atoms with E-state index in [-0.39, 0.29) is 23.8 Å². The average molecular weight is 550 g/mol. The fraction of sp³-hybridized carbons (Fsp3) is 0.172. The van der Waals surface area contributed by atoms with E-state index in [0.29, 0.717) is 53.4 Å². The molecule has 3 aliphatic rings. The number of Topliss-reactive ketones (excluding diaryl/α,β-unsaturated/α-hetero) is 1. The van der Waals surface area contributed by atoms with E-state index in [9.17, 15) is 14.9 Å². The summed E-state index contributed by atoms with van der Waals surface area (Å²) < 4.78 is 2.61. The zero-order valence-electron chi connectivity index (χ0n) is 19.7. The molecular formula is C29H20BrN5O2. The number of para-hydroxylation sites is 1. The van der Waals surface area contributed by atoms with Crippen molar-refractivity contribution in [2.75, 3.05) is 16.3 Å². The number of carbonyl (C=O) groups excluding carboxylic acids is 2. The van der Waals surface area contributed by atoms with Crippen molar-refractivity contribution in [3.8, 4) is 18.4 Å². The van der Waals surface area contributed by atoms with Gasteiger partial charge in [0.05, 0.1) is 12.1 Å². The van der Waals surface area contributed by atoms with Crippen molar-refractivity contribution >= 4 is 44.9 Å². The van der Waals surface area contributed by atoms with Crippen LogP contribution < -0.4 is 9.80 Å². The van der Waals surface area contributed by atoms with Crippen molar-refractivity contribution in [1.82, 2.24) is 9.55 Å². The molecule has 1 aliphatic carbocycles. The number of nitrogens with zero attached hydrogens (tertiary/aromatic N) is 5. The van der Waals surface area contributed by atoms with Crippen LogP contribution in [0, 0.1) is 23.7 Å². The van der Waals surface area contributed by atoms with E-state index in [4.69, 9.17) is 6.42 Å². The number of rotatable bonds is 3. The molecular weight excluding hydrogens is 530 g/mol.